The van der Waals surface area contributed by atoms with Crippen molar-refractivity contribution in [1.82, 2.24) is 0 Å². The summed E-state index contributed by atoms with van der Waals surface area (Å²) < 4.78 is 27.5. The largest absolute Gasteiger partial charge is 0.375 e. The predicted molar refractivity (Wildman–Crippen MR) is 54.9 cm³/mol. The molecule has 0 aromatic rings. The summed E-state index contributed by atoms with van der Waals surface area (Å²) in [5, 5.41) is 0.739. The summed E-state index contributed by atoms with van der Waals surface area (Å²) in [4.78, 5) is -0.0402. The summed E-state index contributed by atoms with van der Waals surface area (Å²) in [7, 11) is -2.86. The molecule has 1 heterocycles. The molecule has 0 spiro atoms. The lowest BCUT2D eigenvalue weighted by molar-refractivity contribution is 0.0889. The van der Waals surface area contributed by atoms with E-state index < -0.39 is 9.84 Å². The molecule has 0 radical (unpaired) electrons. The van der Waals surface area contributed by atoms with E-state index in [0.29, 0.717) is 6.61 Å². The first-order valence-corrected chi connectivity index (χ1v) is 7.43. The lowest BCUT2D eigenvalue weighted by Gasteiger charge is -2.11. The van der Waals surface area contributed by atoms with Crippen molar-refractivity contribution in [3.05, 3.63) is 0 Å². The van der Waals surface area contributed by atoms with E-state index in [0.717, 1.165) is 5.33 Å². The van der Waals surface area contributed by atoms with Gasteiger partial charge in [0, 0.05) is 5.33 Å². The van der Waals surface area contributed by atoms with Gasteiger partial charge >= 0.3 is 0 Å². The Morgan fingerprint density at radius 3 is 2.50 bits per heavy atom. The second-order valence-electron chi connectivity index (χ2n) is 2.69. The Morgan fingerprint density at radius 2 is 2.08 bits per heavy atom. The van der Waals surface area contributed by atoms with E-state index in [1.807, 2.05) is 0 Å². The Kier molecular flexibility index (Phi) is 4.01. The number of hydrogen-bond donors (Lipinski definition) is 0. The van der Waals surface area contributed by atoms with Gasteiger partial charge in [-0.3, -0.25) is 0 Å². The topological polar surface area (TPSA) is 43.4 Å². The SMILES string of the molecule is O=S1(=O)C[C@H](OCCBr)[C@@H](Br)C1. The van der Waals surface area contributed by atoms with Gasteiger partial charge in [-0.05, 0) is 0 Å². The molecule has 1 fully saturated rings. The van der Waals surface area contributed by atoms with Crippen LogP contribution in [0.3, 0.4) is 0 Å². The first-order valence-electron chi connectivity index (χ1n) is 3.57. The Morgan fingerprint density at radius 1 is 1.42 bits per heavy atom. The maximum absolute atomic E-state index is 11.1. The predicted octanol–water partition coefficient (Wildman–Crippen LogP) is 0.958. The summed E-state index contributed by atoms with van der Waals surface area (Å²) in [6, 6.07) is 0. The second-order valence-corrected chi connectivity index (χ2v) is 6.81. The fourth-order valence-electron chi connectivity index (χ4n) is 1.12. The number of ether oxygens (including phenoxy) is 1. The van der Waals surface area contributed by atoms with E-state index >= 15 is 0 Å². The third-order valence-corrected chi connectivity index (χ3v) is 5.01. The second kappa shape index (κ2) is 4.39. The minimum absolute atomic E-state index is 0.0402. The molecule has 1 saturated heterocycles. The highest BCUT2D eigenvalue weighted by atomic mass is 79.9. The zero-order valence-corrected chi connectivity index (χ0v) is 10.4. The van der Waals surface area contributed by atoms with Crippen molar-refractivity contribution in [3.63, 3.8) is 0 Å². The average molecular weight is 322 g/mol. The van der Waals surface area contributed by atoms with Gasteiger partial charge in [0.1, 0.15) is 0 Å². The number of sulfone groups is 1. The fraction of sp³-hybridized carbons (Fsp3) is 1.00. The molecule has 72 valence electrons. The summed E-state index contributed by atoms with van der Waals surface area (Å²) >= 11 is 6.51. The molecule has 0 N–H and O–H groups in total. The van der Waals surface area contributed by atoms with Gasteiger partial charge in [-0.25, -0.2) is 8.42 Å². The first kappa shape index (κ1) is 10.9. The summed E-state index contributed by atoms with van der Waals surface area (Å²) in [5.41, 5.74) is 0. The van der Waals surface area contributed by atoms with Crippen molar-refractivity contribution in [1.29, 1.82) is 0 Å². The van der Waals surface area contributed by atoms with Crippen molar-refractivity contribution in [3.8, 4) is 0 Å². The van der Waals surface area contributed by atoms with E-state index in [4.69, 9.17) is 4.74 Å². The molecular formula is C6H10Br2O3S. The third kappa shape index (κ3) is 2.97. The molecule has 0 aromatic heterocycles. The van der Waals surface area contributed by atoms with Crippen LogP contribution in [0, 0.1) is 0 Å². The van der Waals surface area contributed by atoms with Crippen LogP contribution in [0.4, 0.5) is 0 Å². The Balaban J connectivity index is 2.47. The number of halogens is 2. The van der Waals surface area contributed by atoms with Crippen LogP contribution in [-0.2, 0) is 14.6 Å². The molecule has 0 aromatic carbocycles. The highest BCUT2D eigenvalue weighted by molar-refractivity contribution is 9.09. The van der Waals surface area contributed by atoms with Crippen LogP contribution in [0.1, 0.15) is 0 Å². The Hall–Kier alpha value is 0.870. The number of hydrogen-bond acceptors (Lipinski definition) is 3. The molecule has 1 rings (SSSR count). The number of rotatable bonds is 3. The molecule has 0 unspecified atom stereocenters. The molecule has 12 heavy (non-hydrogen) atoms. The molecular weight excluding hydrogens is 312 g/mol. The van der Waals surface area contributed by atoms with E-state index in [1.54, 1.807) is 0 Å². The van der Waals surface area contributed by atoms with E-state index in [-0.39, 0.29) is 22.4 Å². The van der Waals surface area contributed by atoms with Crippen LogP contribution in [0.2, 0.25) is 0 Å². The van der Waals surface area contributed by atoms with Crippen LogP contribution in [0.5, 0.6) is 0 Å². The summed E-state index contributed by atoms with van der Waals surface area (Å²) in [6.07, 6.45) is -0.174. The van der Waals surface area contributed by atoms with Crippen molar-refractivity contribution in [2.24, 2.45) is 0 Å². The zero-order chi connectivity index (χ0) is 9.19. The third-order valence-electron chi connectivity index (χ3n) is 1.64. The summed E-state index contributed by atoms with van der Waals surface area (Å²) in [6.45, 7) is 0.558. The first-order chi connectivity index (χ1) is 5.55. The van der Waals surface area contributed by atoms with Gasteiger partial charge in [0.2, 0.25) is 0 Å². The smallest absolute Gasteiger partial charge is 0.154 e. The van der Waals surface area contributed by atoms with Crippen LogP contribution >= 0.6 is 31.9 Å². The minimum Gasteiger partial charge on any atom is -0.375 e. The lowest BCUT2D eigenvalue weighted by atomic mass is 10.3. The zero-order valence-electron chi connectivity index (χ0n) is 6.37. The van der Waals surface area contributed by atoms with Crippen LogP contribution in [0.15, 0.2) is 0 Å². The molecule has 3 nitrogen and oxygen atoms in total. The molecule has 1 aliphatic heterocycles. The van der Waals surface area contributed by atoms with E-state index in [1.165, 1.54) is 0 Å². The maximum Gasteiger partial charge on any atom is 0.154 e. The van der Waals surface area contributed by atoms with Gasteiger partial charge < -0.3 is 4.74 Å². The number of alkyl halides is 2. The Bertz CT molecular complexity index is 239. The van der Waals surface area contributed by atoms with Gasteiger partial charge in [0.15, 0.2) is 9.84 Å². The van der Waals surface area contributed by atoms with Crippen molar-refractivity contribution >= 4 is 41.7 Å². The lowest BCUT2D eigenvalue weighted by Crippen LogP contribution is -2.23. The molecule has 0 bridgehead atoms. The standard InChI is InChI=1S/C6H10Br2O3S/c7-1-2-11-6-4-12(9,10)3-5(6)8/h5-6H,1-4H2/t5-,6-/m0/s1. The monoisotopic (exact) mass is 320 g/mol. The minimum atomic E-state index is -2.86. The Labute approximate surface area is 89.0 Å². The van der Waals surface area contributed by atoms with Crippen LogP contribution in [-0.4, -0.2) is 42.8 Å². The van der Waals surface area contributed by atoms with Crippen LogP contribution in [0.25, 0.3) is 0 Å². The van der Waals surface area contributed by atoms with Gasteiger partial charge in [-0.1, -0.05) is 31.9 Å². The van der Waals surface area contributed by atoms with E-state index in [9.17, 15) is 8.42 Å². The normalized spacial score (nSPS) is 33.8. The maximum atomic E-state index is 11.1. The van der Waals surface area contributed by atoms with Gasteiger partial charge in [0.25, 0.3) is 0 Å². The van der Waals surface area contributed by atoms with Gasteiger partial charge in [-0.2, -0.15) is 0 Å². The highest BCUT2D eigenvalue weighted by Gasteiger charge is 2.36. The van der Waals surface area contributed by atoms with Crippen molar-refractivity contribution in [2.75, 3.05) is 23.4 Å². The molecule has 6 heteroatoms. The summed E-state index contributed by atoms with van der Waals surface area (Å²) in [5.74, 6) is 0.343. The van der Waals surface area contributed by atoms with Crippen molar-refractivity contribution in [2.45, 2.75) is 10.9 Å². The quantitative estimate of drug-likeness (QED) is 0.727. The molecule has 1 aliphatic rings. The van der Waals surface area contributed by atoms with Crippen LogP contribution < -0.4 is 0 Å². The molecule has 2 atom stereocenters. The fourth-order valence-corrected chi connectivity index (χ4v) is 4.77. The van der Waals surface area contributed by atoms with Gasteiger partial charge in [-0.15, -0.1) is 0 Å². The van der Waals surface area contributed by atoms with Crippen molar-refractivity contribution < 1.29 is 13.2 Å². The average Bonchev–Trinajstić information content (AvgIpc) is 2.20. The molecule has 0 saturated carbocycles. The molecule has 0 aliphatic carbocycles. The molecule has 0 amide bonds. The van der Waals surface area contributed by atoms with Gasteiger partial charge in [0.05, 0.1) is 29.0 Å². The van der Waals surface area contributed by atoms with E-state index in [2.05, 4.69) is 31.9 Å². The highest BCUT2D eigenvalue weighted by Crippen LogP contribution is 2.22.